The highest BCUT2D eigenvalue weighted by Crippen LogP contribution is 2.37. The van der Waals surface area contributed by atoms with E-state index in [1.807, 2.05) is 12.1 Å². The third-order valence-electron chi connectivity index (χ3n) is 4.71. The minimum atomic E-state index is -2.54. The Labute approximate surface area is 145 Å². The second-order valence-electron chi connectivity index (χ2n) is 7.40. The van der Waals surface area contributed by atoms with Gasteiger partial charge < -0.3 is 9.63 Å². The highest BCUT2D eigenvalue weighted by atomic mass is 28.4. The molecule has 2 aromatic rings. The zero-order valence-corrected chi connectivity index (χ0v) is 15.6. The predicted molar refractivity (Wildman–Crippen MR) is 102 cm³/mol. The third kappa shape index (κ3) is 3.04. The van der Waals surface area contributed by atoms with Crippen LogP contribution in [0.1, 0.15) is 27.2 Å². The van der Waals surface area contributed by atoms with Crippen molar-refractivity contribution in [3.05, 3.63) is 65.9 Å². The van der Waals surface area contributed by atoms with Gasteiger partial charge in [-0.1, -0.05) is 81.4 Å². The predicted octanol–water partition coefficient (Wildman–Crippen LogP) is 2.92. The summed E-state index contributed by atoms with van der Waals surface area (Å²) in [7, 11) is -2.54. The molecule has 0 N–H and O–H groups in total. The van der Waals surface area contributed by atoms with Crippen molar-refractivity contribution in [2.45, 2.75) is 38.3 Å². The van der Waals surface area contributed by atoms with Crippen molar-refractivity contribution in [1.82, 2.24) is 0 Å². The van der Waals surface area contributed by atoms with Crippen molar-refractivity contribution >= 4 is 24.9 Å². The summed E-state index contributed by atoms with van der Waals surface area (Å²) in [5, 5.41) is 14.1. The summed E-state index contributed by atoms with van der Waals surface area (Å²) in [5.74, 6) is 0. The first-order chi connectivity index (χ1) is 11.4. The maximum atomic E-state index is 11.7. The molecule has 0 spiro atoms. The van der Waals surface area contributed by atoms with Crippen molar-refractivity contribution in [2.75, 3.05) is 6.54 Å². The van der Waals surface area contributed by atoms with Crippen LogP contribution >= 0.6 is 0 Å². The Morgan fingerprint density at radius 3 is 1.83 bits per heavy atom. The van der Waals surface area contributed by atoms with Crippen LogP contribution in [0.5, 0.6) is 0 Å². The monoisotopic (exact) mass is 339 g/mol. The van der Waals surface area contributed by atoms with Gasteiger partial charge in [-0.05, 0) is 15.4 Å². The van der Waals surface area contributed by atoms with Crippen LogP contribution in [0.25, 0.3) is 0 Å². The average Bonchev–Trinajstić information content (AvgIpc) is 2.98. The molecule has 3 nitrogen and oxygen atoms in total. The van der Waals surface area contributed by atoms with Crippen LogP contribution in [0, 0.1) is 5.21 Å². The van der Waals surface area contributed by atoms with Gasteiger partial charge in [0.25, 0.3) is 8.32 Å². The molecular weight excluding hydrogens is 314 g/mol. The third-order valence-corrected chi connectivity index (χ3v) is 9.77. The van der Waals surface area contributed by atoms with E-state index in [-0.39, 0.29) is 11.1 Å². The van der Waals surface area contributed by atoms with Gasteiger partial charge in [0.15, 0.2) is 12.8 Å². The highest BCUT2D eigenvalue weighted by Gasteiger charge is 2.52. The SMILES string of the molecule is CC(C)(C)[Si](OC1C=[N+]([O-])CC1)(c1ccccc1)c1ccccc1. The fourth-order valence-electron chi connectivity index (χ4n) is 3.60. The minimum Gasteiger partial charge on any atom is -0.624 e. The fourth-order valence-corrected chi connectivity index (χ4v) is 8.24. The van der Waals surface area contributed by atoms with Gasteiger partial charge >= 0.3 is 0 Å². The van der Waals surface area contributed by atoms with E-state index in [0.717, 1.165) is 11.2 Å². The average molecular weight is 340 g/mol. The fraction of sp³-hybridized carbons (Fsp3) is 0.350. The first-order valence-corrected chi connectivity index (χ1v) is 10.4. The Morgan fingerprint density at radius 2 is 1.46 bits per heavy atom. The minimum absolute atomic E-state index is 0.0557. The molecule has 3 rings (SSSR count). The summed E-state index contributed by atoms with van der Waals surface area (Å²) in [5.41, 5.74) is 0. The molecule has 126 valence electrons. The van der Waals surface area contributed by atoms with E-state index in [9.17, 15) is 5.21 Å². The normalized spacial score (nSPS) is 18.5. The molecule has 0 aliphatic carbocycles. The van der Waals surface area contributed by atoms with Crippen LogP contribution in [0.4, 0.5) is 0 Å². The topological polar surface area (TPSA) is 35.3 Å². The number of hydroxylamine groups is 1. The van der Waals surface area contributed by atoms with Crippen molar-refractivity contribution in [1.29, 1.82) is 0 Å². The second-order valence-corrected chi connectivity index (χ2v) is 11.7. The van der Waals surface area contributed by atoms with Gasteiger partial charge in [-0.15, -0.1) is 0 Å². The van der Waals surface area contributed by atoms with Crippen molar-refractivity contribution in [3.63, 3.8) is 0 Å². The molecule has 0 saturated heterocycles. The van der Waals surface area contributed by atoms with Gasteiger partial charge in [0.1, 0.15) is 6.10 Å². The first kappa shape index (κ1) is 16.9. The number of hydrogen-bond donors (Lipinski definition) is 0. The molecule has 0 amide bonds. The molecule has 1 atom stereocenters. The van der Waals surface area contributed by atoms with Crippen LogP contribution in [0.2, 0.25) is 5.04 Å². The Kier molecular flexibility index (Phi) is 4.61. The van der Waals surface area contributed by atoms with Crippen LogP contribution in [0.3, 0.4) is 0 Å². The highest BCUT2D eigenvalue weighted by molar-refractivity contribution is 6.99. The maximum Gasteiger partial charge on any atom is 0.262 e. The molecule has 1 heterocycles. The van der Waals surface area contributed by atoms with Crippen molar-refractivity contribution < 1.29 is 9.16 Å². The molecule has 24 heavy (non-hydrogen) atoms. The van der Waals surface area contributed by atoms with Crippen molar-refractivity contribution in [3.8, 4) is 0 Å². The van der Waals surface area contributed by atoms with Gasteiger partial charge in [0.2, 0.25) is 0 Å². The van der Waals surface area contributed by atoms with E-state index in [1.54, 1.807) is 6.21 Å². The quantitative estimate of drug-likeness (QED) is 0.488. The Balaban J connectivity index is 2.17. The van der Waals surface area contributed by atoms with Crippen LogP contribution in [0.15, 0.2) is 60.7 Å². The molecule has 2 aromatic carbocycles. The molecular formula is C20H25NO2Si. The number of hydrogen-bond acceptors (Lipinski definition) is 2. The molecule has 4 heteroatoms. The molecule has 1 unspecified atom stereocenters. The summed E-state index contributed by atoms with van der Waals surface area (Å²) in [4.78, 5) is 0. The van der Waals surface area contributed by atoms with Crippen LogP contribution in [-0.4, -0.2) is 31.9 Å². The molecule has 0 bridgehead atoms. The van der Waals surface area contributed by atoms with E-state index in [0.29, 0.717) is 6.54 Å². The van der Waals surface area contributed by atoms with Gasteiger partial charge in [-0.25, -0.2) is 4.74 Å². The summed E-state index contributed by atoms with van der Waals surface area (Å²) in [6.45, 7) is 7.28. The van der Waals surface area contributed by atoms with Gasteiger partial charge in [-0.3, -0.25) is 0 Å². The molecule has 0 radical (unpaired) electrons. The Bertz CT molecular complexity index is 668. The van der Waals surface area contributed by atoms with Crippen LogP contribution in [-0.2, 0) is 4.43 Å². The molecule has 0 saturated carbocycles. The number of nitrogens with zero attached hydrogens (tertiary/aromatic N) is 1. The Morgan fingerprint density at radius 1 is 0.958 bits per heavy atom. The van der Waals surface area contributed by atoms with E-state index in [4.69, 9.17) is 4.43 Å². The van der Waals surface area contributed by atoms with Gasteiger partial charge in [0.05, 0.1) is 0 Å². The lowest BCUT2D eigenvalue weighted by Gasteiger charge is -2.43. The first-order valence-electron chi connectivity index (χ1n) is 8.51. The largest absolute Gasteiger partial charge is 0.624 e. The van der Waals surface area contributed by atoms with Gasteiger partial charge in [0, 0.05) is 6.42 Å². The number of benzene rings is 2. The second kappa shape index (κ2) is 6.53. The lowest BCUT2D eigenvalue weighted by atomic mass is 10.2. The van der Waals surface area contributed by atoms with Crippen molar-refractivity contribution in [2.24, 2.45) is 0 Å². The Hall–Kier alpha value is -1.91. The maximum absolute atomic E-state index is 11.7. The van der Waals surface area contributed by atoms with E-state index in [1.165, 1.54) is 10.4 Å². The van der Waals surface area contributed by atoms with Gasteiger partial charge in [-0.2, -0.15) is 0 Å². The van der Waals surface area contributed by atoms with E-state index in [2.05, 4.69) is 69.3 Å². The van der Waals surface area contributed by atoms with Crippen LogP contribution < -0.4 is 10.4 Å². The summed E-state index contributed by atoms with van der Waals surface area (Å²) in [6.07, 6.45) is 2.33. The molecule has 1 aliphatic heterocycles. The number of rotatable bonds is 4. The van der Waals surface area contributed by atoms with E-state index >= 15 is 0 Å². The van der Waals surface area contributed by atoms with E-state index < -0.39 is 8.32 Å². The molecule has 0 aromatic heterocycles. The molecule has 0 fully saturated rings. The summed E-state index contributed by atoms with van der Waals surface area (Å²) >= 11 is 0. The molecule has 1 aliphatic rings. The lowest BCUT2D eigenvalue weighted by molar-refractivity contribution is -0.443. The standard InChI is InChI=1S/C20H25NO2Si/c1-20(2,3)24(18-10-6-4-7-11-18,19-12-8-5-9-13-19)23-17-14-15-21(22)16-17/h4-13,16-17H,14-15H2,1-3H3. The smallest absolute Gasteiger partial charge is 0.262 e. The zero-order chi connectivity index (χ0) is 17.2. The summed E-state index contributed by atoms with van der Waals surface area (Å²) < 4.78 is 7.85. The lowest BCUT2D eigenvalue weighted by Crippen LogP contribution is -2.67. The zero-order valence-electron chi connectivity index (χ0n) is 14.6. The summed E-state index contributed by atoms with van der Waals surface area (Å²) in [6, 6.07) is 21.1.